The summed E-state index contributed by atoms with van der Waals surface area (Å²) in [5.41, 5.74) is 5.49. The molecule has 5 rings (SSSR count). The van der Waals surface area contributed by atoms with Gasteiger partial charge in [-0.2, -0.15) is 0 Å². The van der Waals surface area contributed by atoms with E-state index in [0.717, 1.165) is 54.5 Å². The van der Waals surface area contributed by atoms with Crippen LogP contribution in [0.4, 0.5) is 21.7 Å². The van der Waals surface area contributed by atoms with Crippen LogP contribution >= 0.6 is 0 Å². The minimum absolute atomic E-state index is 0.210. The summed E-state index contributed by atoms with van der Waals surface area (Å²) in [6.07, 6.45) is 4.41. The second kappa shape index (κ2) is 7.64. The van der Waals surface area contributed by atoms with E-state index in [-0.39, 0.29) is 5.82 Å². The van der Waals surface area contributed by atoms with E-state index >= 15 is 0 Å². The second-order valence-electron chi connectivity index (χ2n) is 7.21. The van der Waals surface area contributed by atoms with Crippen molar-refractivity contribution in [3.8, 4) is 0 Å². The van der Waals surface area contributed by atoms with Crippen LogP contribution in [0.2, 0.25) is 0 Å². The lowest BCUT2D eigenvalue weighted by atomic mass is 10.0. The molecule has 0 amide bonds. The zero-order valence-electron chi connectivity index (χ0n) is 15.9. The van der Waals surface area contributed by atoms with Gasteiger partial charge in [0.2, 0.25) is 5.95 Å². The quantitative estimate of drug-likeness (QED) is 0.723. The van der Waals surface area contributed by atoms with Gasteiger partial charge in [-0.3, -0.25) is 0 Å². The fraction of sp³-hybridized carbons (Fsp3) is 0.217. The molecular weight excluding hydrogens is 367 g/mol. The predicted octanol–water partition coefficient (Wildman–Crippen LogP) is 4.29. The van der Waals surface area contributed by atoms with Gasteiger partial charge in [0.25, 0.3) is 0 Å². The van der Waals surface area contributed by atoms with Gasteiger partial charge >= 0.3 is 0 Å². The Kier molecular flexibility index (Phi) is 4.69. The first-order chi connectivity index (χ1) is 14.3. The summed E-state index contributed by atoms with van der Waals surface area (Å²) in [7, 11) is 0. The van der Waals surface area contributed by atoms with E-state index < -0.39 is 0 Å². The fourth-order valence-corrected chi connectivity index (χ4v) is 3.79. The molecule has 0 atom stereocenters. The summed E-state index contributed by atoms with van der Waals surface area (Å²) in [6, 6.07) is 15.1. The van der Waals surface area contributed by atoms with Gasteiger partial charge in [0, 0.05) is 48.2 Å². The van der Waals surface area contributed by atoms with E-state index in [4.69, 9.17) is 4.74 Å². The highest BCUT2D eigenvalue weighted by Crippen LogP contribution is 2.32. The van der Waals surface area contributed by atoms with Crippen LogP contribution < -0.4 is 10.2 Å². The molecule has 2 aromatic carbocycles. The molecule has 0 bridgehead atoms. The first-order valence-electron chi connectivity index (χ1n) is 9.77. The first-order valence-corrected chi connectivity index (χ1v) is 9.77. The van der Waals surface area contributed by atoms with Gasteiger partial charge in [0.15, 0.2) is 0 Å². The normalized spacial score (nSPS) is 15.8. The highest BCUT2D eigenvalue weighted by Gasteiger charge is 2.19. The lowest BCUT2D eigenvalue weighted by Crippen LogP contribution is -2.36. The SMILES string of the molecule is Fc1ccccc1C1=Cc2nc(Nc3cccc(N4CCOCC4)c3)ncc2C1. The number of halogens is 1. The molecule has 2 aliphatic rings. The van der Waals surface area contributed by atoms with Crippen LogP contribution in [0.1, 0.15) is 16.8 Å². The Hall–Kier alpha value is -3.25. The molecule has 0 radical (unpaired) electrons. The molecule has 146 valence electrons. The van der Waals surface area contributed by atoms with Crippen molar-refractivity contribution in [3.05, 3.63) is 77.4 Å². The van der Waals surface area contributed by atoms with Crippen LogP contribution in [0.3, 0.4) is 0 Å². The third kappa shape index (κ3) is 3.71. The fourth-order valence-electron chi connectivity index (χ4n) is 3.79. The summed E-state index contributed by atoms with van der Waals surface area (Å²) in [5, 5.41) is 3.30. The predicted molar refractivity (Wildman–Crippen MR) is 113 cm³/mol. The van der Waals surface area contributed by atoms with E-state index in [0.29, 0.717) is 17.9 Å². The lowest BCUT2D eigenvalue weighted by Gasteiger charge is -2.29. The van der Waals surface area contributed by atoms with Crippen molar-refractivity contribution in [1.29, 1.82) is 0 Å². The highest BCUT2D eigenvalue weighted by atomic mass is 19.1. The van der Waals surface area contributed by atoms with Gasteiger partial charge < -0.3 is 15.0 Å². The smallest absolute Gasteiger partial charge is 0.227 e. The molecule has 1 fully saturated rings. The maximum Gasteiger partial charge on any atom is 0.227 e. The number of anilines is 3. The third-order valence-electron chi connectivity index (χ3n) is 5.29. The van der Waals surface area contributed by atoms with E-state index in [1.54, 1.807) is 12.1 Å². The molecule has 0 unspecified atom stereocenters. The van der Waals surface area contributed by atoms with Crippen molar-refractivity contribution in [2.45, 2.75) is 6.42 Å². The standard InChI is InChI=1S/C23H21FN4O/c24-21-7-2-1-6-20(21)16-12-17-15-25-23(27-22(17)13-16)26-18-4-3-5-19(14-18)28-8-10-29-11-9-28/h1-7,13-15H,8-12H2,(H,25,26,27). The first kappa shape index (κ1) is 17.8. The summed E-state index contributed by atoms with van der Waals surface area (Å²) in [5.74, 6) is 0.326. The van der Waals surface area contributed by atoms with Crippen molar-refractivity contribution >= 4 is 29.0 Å². The Morgan fingerprint density at radius 2 is 1.90 bits per heavy atom. The Morgan fingerprint density at radius 3 is 2.76 bits per heavy atom. The van der Waals surface area contributed by atoms with Gasteiger partial charge in [-0.05, 0) is 35.9 Å². The van der Waals surface area contributed by atoms with E-state index in [9.17, 15) is 4.39 Å². The molecule has 29 heavy (non-hydrogen) atoms. The molecule has 1 aromatic heterocycles. The largest absolute Gasteiger partial charge is 0.378 e. The highest BCUT2D eigenvalue weighted by molar-refractivity contribution is 5.87. The summed E-state index contributed by atoms with van der Waals surface area (Å²) in [4.78, 5) is 11.4. The summed E-state index contributed by atoms with van der Waals surface area (Å²) in [6.45, 7) is 3.29. The van der Waals surface area contributed by atoms with Crippen LogP contribution in [0.25, 0.3) is 11.6 Å². The number of fused-ring (bicyclic) bond motifs is 1. The molecule has 1 N–H and O–H groups in total. The van der Waals surface area contributed by atoms with Crippen molar-refractivity contribution in [1.82, 2.24) is 9.97 Å². The molecule has 1 aliphatic carbocycles. The average molecular weight is 388 g/mol. The van der Waals surface area contributed by atoms with E-state index in [1.165, 1.54) is 6.07 Å². The van der Waals surface area contributed by atoms with Crippen molar-refractivity contribution in [2.24, 2.45) is 0 Å². The van der Waals surface area contributed by atoms with Crippen LogP contribution in [0.15, 0.2) is 54.7 Å². The maximum absolute atomic E-state index is 14.1. The van der Waals surface area contributed by atoms with E-state index in [2.05, 4.69) is 32.3 Å². The number of nitrogens with one attached hydrogen (secondary N) is 1. The van der Waals surface area contributed by atoms with Gasteiger partial charge in [-0.1, -0.05) is 24.3 Å². The summed E-state index contributed by atoms with van der Waals surface area (Å²) < 4.78 is 19.6. The summed E-state index contributed by atoms with van der Waals surface area (Å²) >= 11 is 0. The number of morpholine rings is 1. The van der Waals surface area contributed by atoms with Gasteiger partial charge in [-0.15, -0.1) is 0 Å². The lowest BCUT2D eigenvalue weighted by molar-refractivity contribution is 0.122. The number of hydrogen-bond donors (Lipinski definition) is 1. The molecule has 6 heteroatoms. The minimum Gasteiger partial charge on any atom is -0.378 e. The Balaban J connectivity index is 1.37. The molecule has 5 nitrogen and oxygen atoms in total. The number of allylic oxidation sites excluding steroid dienone is 1. The zero-order valence-corrected chi connectivity index (χ0v) is 15.9. The average Bonchev–Trinajstić information content (AvgIpc) is 3.18. The molecular formula is C23H21FN4O. The maximum atomic E-state index is 14.1. The topological polar surface area (TPSA) is 50.3 Å². The molecule has 1 saturated heterocycles. The van der Waals surface area contributed by atoms with Crippen LogP contribution in [0, 0.1) is 5.82 Å². The van der Waals surface area contributed by atoms with Crippen molar-refractivity contribution in [3.63, 3.8) is 0 Å². The second-order valence-corrected chi connectivity index (χ2v) is 7.21. The Morgan fingerprint density at radius 1 is 1.03 bits per heavy atom. The number of ether oxygens (including phenoxy) is 1. The van der Waals surface area contributed by atoms with Gasteiger partial charge in [-0.25, -0.2) is 14.4 Å². The van der Waals surface area contributed by atoms with E-state index in [1.807, 2.05) is 30.5 Å². The minimum atomic E-state index is -0.210. The van der Waals surface area contributed by atoms with Gasteiger partial charge in [0.05, 0.1) is 18.9 Å². The zero-order chi connectivity index (χ0) is 19.6. The van der Waals surface area contributed by atoms with Crippen molar-refractivity contribution in [2.75, 3.05) is 36.5 Å². The van der Waals surface area contributed by atoms with Crippen LogP contribution in [0.5, 0.6) is 0 Å². The number of hydrogen-bond acceptors (Lipinski definition) is 5. The van der Waals surface area contributed by atoms with Crippen LogP contribution in [-0.2, 0) is 11.2 Å². The van der Waals surface area contributed by atoms with Crippen molar-refractivity contribution < 1.29 is 9.13 Å². The molecule has 3 aromatic rings. The molecule has 2 heterocycles. The van der Waals surface area contributed by atoms with Gasteiger partial charge in [0.1, 0.15) is 5.82 Å². The monoisotopic (exact) mass is 388 g/mol. The number of aromatic nitrogens is 2. The molecule has 0 spiro atoms. The Bertz CT molecular complexity index is 1080. The number of nitrogens with zero attached hydrogens (tertiary/aromatic N) is 3. The number of benzene rings is 2. The third-order valence-corrected chi connectivity index (χ3v) is 5.29. The van der Waals surface area contributed by atoms with Crippen LogP contribution in [-0.4, -0.2) is 36.3 Å². The number of rotatable bonds is 4. The molecule has 1 aliphatic heterocycles. The Labute approximate surface area is 168 Å². The molecule has 0 saturated carbocycles.